The van der Waals surface area contributed by atoms with Crippen molar-refractivity contribution >= 4 is 0 Å². The smallest absolute Gasteiger partial charge is 0.406 e. The number of alkyl halides is 3. The molecule has 0 N–H and O–H groups in total. The summed E-state index contributed by atoms with van der Waals surface area (Å²) in [6.07, 6.45) is -0.878. The first-order chi connectivity index (χ1) is 11.0. The van der Waals surface area contributed by atoms with E-state index in [0.717, 1.165) is 11.1 Å². The van der Waals surface area contributed by atoms with Crippen molar-refractivity contribution in [3.63, 3.8) is 0 Å². The molecule has 1 heterocycles. The highest BCUT2D eigenvalue weighted by Crippen LogP contribution is 2.28. The maximum atomic E-state index is 12.3. The van der Waals surface area contributed by atoms with E-state index in [-0.39, 0.29) is 5.75 Å². The van der Waals surface area contributed by atoms with Crippen LogP contribution in [0.3, 0.4) is 0 Å². The first-order valence-electron chi connectivity index (χ1n) is 7.05. The SMILES string of the molecule is FC(F)(F)Oc1cccc(-c2ccn(Cc3ccccc3)c2)c1. The first-order valence-corrected chi connectivity index (χ1v) is 7.05. The molecule has 0 unspecified atom stereocenters. The Morgan fingerprint density at radius 3 is 2.39 bits per heavy atom. The van der Waals surface area contributed by atoms with Crippen molar-refractivity contribution in [1.82, 2.24) is 4.57 Å². The molecule has 0 aliphatic carbocycles. The maximum Gasteiger partial charge on any atom is 0.573 e. The zero-order valence-electron chi connectivity index (χ0n) is 12.1. The van der Waals surface area contributed by atoms with Gasteiger partial charge in [0, 0.05) is 18.9 Å². The molecular weight excluding hydrogens is 303 g/mol. The number of rotatable bonds is 4. The quantitative estimate of drug-likeness (QED) is 0.653. The van der Waals surface area contributed by atoms with Gasteiger partial charge in [0.2, 0.25) is 0 Å². The van der Waals surface area contributed by atoms with E-state index in [2.05, 4.69) is 4.74 Å². The Morgan fingerprint density at radius 1 is 0.870 bits per heavy atom. The third kappa shape index (κ3) is 4.16. The van der Waals surface area contributed by atoms with Crippen molar-refractivity contribution < 1.29 is 17.9 Å². The summed E-state index contributed by atoms with van der Waals surface area (Å²) in [6, 6.07) is 17.8. The van der Waals surface area contributed by atoms with Crippen LogP contribution in [0.5, 0.6) is 5.75 Å². The van der Waals surface area contributed by atoms with Gasteiger partial charge in [-0.15, -0.1) is 13.2 Å². The van der Waals surface area contributed by atoms with E-state index in [1.807, 2.05) is 53.4 Å². The molecule has 2 aromatic carbocycles. The summed E-state index contributed by atoms with van der Waals surface area (Å²) < 4.78 is 42.8. The molecular formula is C18H14F3NO. The van der Waals surface area contributed by atoms with E-state index >= 15 is 0 Å². The molecule has 118 valence electrons. The Bertz CT molecular complexity index is 778. The second kappa shape index (κ2) is 6.20. The van der Waals surface area contributed by atoms with E-state index in [9.17, 15) is 13.2 Å². The maximum absolute atomic E-state index is 12.3. The minimum Gasteiger partial charge on any atom is -0.406 e. The van der Waals surface area contributed by atoms with Crippen LogP contribution in [0.1, 0.15) is 5.56 Å². The normalized spacial score (nSPS) is 11.4. The third-order valence-electron chi connectivity index (χ3n) is 3.36. The summed E-state index contributed by atoms with van der Waals surface area (Å²) in [7, 11) is 0. The number of hydrogen-bond acceptors (Lipinski definition) is 1. The Kier molecular flexibility index (Phi) is 4.10. The standard InChI is InChI=1S/C18H14F3NO/c19-18(20,21)23-17-8-4-7-15(11-17)16-9-10-22(13-16)12-14-5-2-1-3-6-14/h1-11,13H,12H2. The predicted molar refractivity (Wildman–Crippen MR) is 82.1 cm³/mol. The molecule has 1 aromatic heterocycles. The molecule has 0 saturated heterocycles. The number of halogens is 3. The van der Waals surface area contributed by atoms with Crippen molar-refractivity contribution in [2.75, 3.05) is 0 Å². The summed E-state index contributed by atoms with van der Waals surface area (Å²) in [5.41, 5.74) is 2.68. The Labute approximate surface area is 131 Å². The lowest BCUT2D eigenvalue weighted by atomic mass is 10.1. The van der Waals surface area contributed by atoms with E-state index in [0.29, 0.717) is 12.1 Å². The zero-order chi connectivity index (χ0) is 16.3. The van der Waals surface area contributed by atoms with Crippen LogP contribution in [0.15, 0.2) is 73.1 Å². The molecule has 0 radical (unpaired) electrons. The number of hydrogen-bond donors (Lipinski definition) is 0. The van der Waals surface area contributed by atoms with Crippen LogP contribution in [0, 0.1) is 0 Å². The van der Waals surface area contributed by atoms with Gasteiger partial charge in [0.1, 0.15) is 5.75 Å². The molecule has 0 bridgehead atoms. The summed E-state index contributed by atoms with van der Waals surface area (Å²) in [5, 5.41) is 0. The van der Waals surface area contributed by atoms with E-state index < -0.39 is 6.36 Å². The minimum absolute atomic E-state index is 0.217. The lowest BCUT2D eigenvalue weighted by Crippen LogP contribution is -2.17. The van der Waals surface area contributed by atoms with Crippen LogP contribution in [-0.4, -0.2) is 10.9 Å². The highest BCUT2D eigenvalue weighted by molar-refractivity contribution is 5.64. The van der Waals surface area contributed by atoms with Gasteiger partial charge < -0.3 is 9.30 Å². The van der Waals surface area contributed by atoms with Crippen molar-refractivity contribution in [3.05, 3.63) is 78.6 Å². The molecule has 0 amide bonds. The lowest BCUT2D eigenvalue weighted by molar-refractivity contribution is -0.274. The monoisotopic (exact) mass is 317 g/mol. The zero-order valence-corrected chi connectivity index (χ0v) is 12.1. The van der Waals surface area contributed by atoms with Crippen LogP contribution in [-0.2, 0) is 6.54 Å². The van der Waals surface area contributed by atoms with Crippen LogP contribution in [0.2, 0.25) is 0 Å². The molecule has 3 rings (SSSR count). The van der Waals surface area contributed by atoms with Gasteiger partial charge in [0.05, 0.1) is 0 Å². The molecule has 3 aromatic rings. The Balaban J connectivity index is 1.79. The van der Waals surface area contributed by atoms with E-state index in [1.54, 1.807) is 12.1 Å². The summed E-state index contributed by atoms with van der Waals surface area (Å²) in [4.78, 5) is 0. The first kappa shape index (κ1) is 15.2. The molecule has 0 aliphatic heterocycles. The van der Waals surface area contributed by atoms with Gasteiger partial charge >= 0.3 is 6.36 Å². The van der Waals surface area contributed by atoms with Gasteiger partial charge in [0.25, 0.3) is 0 Å². The molecule has 0 aliphatic rings. The van der Waals surface area contributed by atoms with Crippen molar-refractivity contribution in [1.29, 1.82) is 0 Å². The van der Waals surface area contributed by atoms with Crippen LogP contribution in [0.25, 0.3) is 11.1 Å². The molecule has 0 spiro atoms. The van der Waals surface area contributed by atoms with Gasteiger partial charge in [0.15, 0.2) is 0 Å². The predicted octanol–water partition coefficient (Wildman–Crippen LogP) is 5.10. The van der Waals surface area contributed by atoms with E-state index in [4.69, 9.17) is 0 Å². The van der Waals surface area contributed by atoms with Gasteiger partial charge in [-0.3, -0.25) is 0 Å². The van der Waals surface area contributed by atoms with Crippen LogP contribution in [0.4, 0.5) is 13.2 Å². The fourth-order valence-electron chi connectivity index (χ4n) is 2.38. The Morgan fingerprint density at radius 2 is 1.65 bits per heavy atom. The van der Waals surface area contributed by atoms with Crippen LogP contribution >= 0.6 is 0 Å². The third-order valence-corrected chi connectivity index (χ3v) is 3.36. The number of nitrogens with zero attached hydrogens (tertiary/aromatic N) is 1. The van der Waals surface area contributed by atoms with Crippen molar-refractivity contribution in [3.8, 4) is 16.9 Å². The van der Waals surface area contributed by atoms with Gasteiger partial charge in [-0.05, 0) is 34.9 Å². The van der Waals surface area contributed by atoms with Gasteiger partial charge in [-0.25, -0.2) is 0 Å². The molecule has 2 nitrogen and oxygen atoms in total. The topological polar surface area (TPSA) is 14.2 Å². The average molecular weight is 317 g/mol. The number of ether oxygens (including phenoxy) is 1. The highest BCUT2D eigenvalue weighted by atomic mass is 19.4. The average Bonchev–Trinajstić information content (AvgIpc) is 2.95. The molecule has 23 heavy (non-hydrogen) atoms. The van der Waals surface area contributed by atoms with E-state index in [1.165, 1.54) is 12.1 Å². The number of benzene rings is 2. The summed E-state index contributed by atoms with van der Waals surface area (Å²) in [6.45, 7) is 0.708. The highest BCUT2D eigenvalue weighted by Gasteiger charge is 2.31. The minimum atomic E-state index is -4.68. The molecule has 0 saturated carbocycles. The Hall–Kier alpha value is -2.69. The van der Waals surface area contributed by atoms with Gasteiger partial charge in [-0.1, -0.05) is 42.5 Å². The molecule has 5 heteroatoms. The molecule has 0 fully saturated rings. The van der Waals surface area contributed by atoms with Gasteiger partial charge in [-0.2, -0.15) is 0 Å². The fraction of sp³-hybridized carbons (Fsp3) is 0.111. The molecule has 0 atom stereocenters. The van der Waals surface area contributed by atoms with Crippen molar-refractivity contribution in [2.45, 2.75) is 12.9 Å². The summed E-state index contributed by atoms with van der Waals surface area (Å²) >= 11 is 0. The second-order valence-corrected chi connectivity index (χ2v) is 5.13. The summed E-state index contributed by atoms with van der Waals surface area (Å²) in [5.74, 6) is -0.217. The van der Waals surface area contributed by atoms with Crippen LogP contribution < -0.4 is 4.74 Å². The second-order valence-electron chi connectivity index (χ2n) is 5.13. The fourth-order valence-corrected chi connectivity index (χ4v) is 2.38. The lowest BCUT2D eigenvalue weighted by Gasteiger charge is -2.09. The largest absolute Gasteiger partial charge is 0.573 e. The number of aromatic nitrogens is 1. The van der Waals surface area contributed by atoms with Crippen molar-refractivity contribution in [2.24, 2.45) is 0 Å².